The number of amides is 3. The van der Waals surface area contributed by atoms with Crippen LogP contribution < -0.4 is 9.80 Å². The van der Waals surface area contributed by atoms with Crippen LogP contribution in [0.5, 0.6) is 0 Å². The molecule has 0 bridgehead atoms. The van der Waals surface area contributed by atoms with Gasteiger partial charge in [-0.1, -0.05) is 30.3 Å². The summed E-state index contributed by atoms with van der Waals surface area (Å²) in [5.74, 6) is -4.14. The third kappa shape index (κ3) is 7.65. The lowest BCUT2D eigenvalue weighted by Gasteiger charge is -2.35. The number of benzene rings is 2. The number of fused-ring (bicyclic) bond motifs is 3. The minimum atomic E-state index is -5.34. The molecular weight excluding hydrogens is 754 g/mol. The van der Waals surface area contributed by atoms with Crippen LogP contribution in [0.3, 0.4) is 0 Å². The molecule has 1 fully saturated rings. The van der Waals surface area contributed by atoms with Gasteiger partial charge in [-0.2, -0.15) is 13.2 Å². The van der Waals surface area contributed by atoms with E-state index in [1.54, 1.807) is 18.1 Å². The summed E-state index contributed by atoms with van der Waals surface area (Å²) in [5.41, 5.74) is 6.64. The zero-order valence-electron chi connectivity index (χ0n) is 30.9. The molecule has 0 saturated carbocycles. The summed E-state index contributed by atoms with van der Waals surface area (Å²) in [6.45, 7) is 4.62. The van der Waals surface area contributed by atoms with Crippen molar-refractivity contribution in [3.05, 3.63) is 83.1 Å². The van der Waals surface area contributed by atoms with Crippen LogP contribution >= 0.6 is 0 Å². The zero-order valence-corrected chi connectivity index (χ0v) is 31.7. The maximum Gasteiger partial charge on any atom is 0.491 e. The fraction of sp³-hybridized carbons (Fsp3) is 0.359. The van der Waals surface area contributed by atoms with E-state index in [4.69, 9.17) is 4.98 Å². The number of aromatic amines is 1. The Kier molecular flexibility index (Phi) is 10.3. The van der Waals surface area contributed by atoms with Crippen LogP contribution in [-0.2, 0) is 37.3 Å². The summed E-state index contributed by atoms with van der Waals surface area (Å²) in [4.78, 5) is 64.6. The van der Waals surface area contributed by atoms with Crippen LogP contribution in [0.25, 0.3) is 27.9 Å². The van der Waals surface area contributed by atoms with Gasteiger partial charge in [-0.15, -0.1) is 0 Å². The molecule has 2 aromatic heterocycles. The first-order chi connectivity index (χ1) is 26.5. The number of urea groups is 1. The molecule has 0 unspecified atom stereocenters. The van der Waals surface area contributed by atoms with Crippen molar-refractivity contribution in [3.63, 3.8) is 0 Å². The molecule has 3 aliphatic rings. The number of carbonyl (C=O) groups excluding carboxylic acids is 4. The monoisotopic (exact) mass is 792 g/mol. The van der Waals surface area contributed by atoms with Gasteiger partial charge >= 0.3 is 24.1 Å². The quantitative estimate of drug-likeness (QED) is 0.184. The minimum absolute atomic E-state index is 0.0309. The van der Waals surface area contributed by atoms with Gasteiger partial charge in [-0.3, -0.25) is 19.5 Å². The molecular formula is C39H39F3N6O7S. The number of likely N-dealkylation sites (tertiary alicyclic amines) is 1. The molecule has 0 aliphatic carbocycles. The number of hydrogen-bond acceptors (Lipinski definition) is 9. The summed E-state index contributed by atoms with van der Waals surface area (Å²) in [5, 5.41) is 0.481. The first-order valence-corrected chi connectivity index (χ1v) is 19.9. The Morgan fingerprint density at radius 1 is 1.00 bits per heavy atom. The number of aromatic nitrogens is 2. The van der Waals surface area contributed by atoms with Gasteiger partial charge in [-0.25, -0.2) is 27.8 Å². The topological polar surface area (TPSA) is 153 Å². The Labute approximate surface area is 320 Å². The summed E-state index contributed by atoms with van der Waals surface area (Å²) in [6.07, 6.45) is 1.39. The summed E-state index contributed by atoms with van der Waals surface area (Å²) in [7, 11) is -1.46. The molecule has 5 heterocycles. The Hall–Kier alpha value is -5.55. The Morgan fingerprint density at radius 3 is 2.27 bits per heavy atom. The number of nitrogens with zero attached hydrogens (tertiary/aromatic N) is 5. The van der Waals surface area contributed by atoms with Gasteiger partial charge in [0.05, 0.1) is 34.9 Å². The number of anilines is 2. The average molecular weight is 793 g/mol. The molecule has 0 atom stereocenters. The minimum Gasteiger partial charge on any atom is -0.383 e. The normalized spacial score (nSPS) is 17.2. The fourth-order valence-electron chi connectivity index (χ4n) is 7.60. The molecule has 2 aromatic carbocycles. The van der Waals surface area contributed by atoms with E-state index in [0.29, 0.717) is 69.0 Å². The molecule has 3 aliphatic heterocycles. The standard InChI is InChI=1S/C39H39F3N6O7S/c1-23(49)47-18-12-25(13-19-47)32-33-30-22-48(28-10-8-27(9-11-28)36(50)55-37(51)39(40,41)42)38(52)45(2)31(30)20-43-35(33)44-34(32)26-6-4-24(5-7-26)21-46-16-14-29(15-17-46)56(3,53)54/h4-12,20,29H,13-19,21-22H2,1-3H3,(H,43,44). The Bertz CT molecular complexity index is 2370. The zero-order chi connectivity index (χ0) is 40.1. The Balaban J connectivity index is 1.23. The van der Waals surface area contributed by atoms with Crippen molar-refractivity contribution >= 4 is 61.7 Å². The predicted octanol–water partition coefficient (Wildman–Crippen LogP) is 5.70. The average Bonchev–Trinajstić information content (AvgIpc) is 3.56. The van der Waals surface area contributed by atoms with Crippen LogP contribution in [0.4, 0.5) is 29.3 Å². The van der Waals surface area contributed by atoms with Gasteiger partial charge in [0.15, 0.2) is 0 Å². The lowest BCUT2D eigenvalue weighted by Crippen LogP contribution is -2.45. The smallest absolute Gasteiger partial charge is 0.383 e. The highest BCUT2D eigenvalue weighted by Gasteiger charge is 2.42. The van der Waals surface area contributed by atoms with Crippen molar-refractivity contribution in [1.29, 1.82) is 0 Å². The molecule has 17 heteroatoms. The summed E-state index contributed by atoms with van der Waals surface area (Å²) >= 11 is 0. The van der Waals surface area contributed by atoms with Crippen LogP contribution in [0.2, 0.25) is 0 Å². The first-order valence-electron chi connectivity index (χ1n) is 18.0. The van der Waals surface area contributed by atoms with E-state index in [2.05, 4.69) is 26.8 Å². The van der Waals surface area contributed by atoms with Crippen molar-refractivity contribution in [2.45, 2.75) is 50.7 Å². The van der Waals surface area contributed by atoms with E-state index in [-0.39, 0.29) is 23.3 Å². The molecule has 3 amide bonds. The maximum atomic E-state index is 13.7. The lowest BCUT2D eigenvalue weighted by molar-refractivity contribution is -0.193. The van der Waals surface area contributed by atoms with Crippen molar-refractivity contribution < 1.29 is 45.5 Å². The molecule has 1 saturated heterocycles. The highest BCUT2D eigenvalue weighted by Crippen LogP contribution is 2.43. The van der Waals surface area contributed by atoms with Crippen LogP contribution in [0.1, 0.15) is 53.2 Å². The third-order valence-electron chi connectivity index (χ3n) is 10.7. The third-order valence-corrected chi connectivity index (χ3v) is 12.4. The number of pyridine rings is 1. The number of rotatable bonds is 7. The van der Waals surface area contributed by atoms with E-state index in [1.807, 2.05) is 18.2 Å². The number of hydrogen-bond donors (Lipinski definition) is 1. The van der Waals surface area contributed by atoms with Gasteiger partial charge in [0.2, 0.25) is 5.91 Å². The van der Waals surface area contributed by atoms with E-state index < -0.39 is 34.0 Å². The molecule has 0 spiro atoms. The number of sulfone groups is 1. The van der Waals surface area contributed by atoms with Crippen LogP contribution in [-0.4, -0.2) is 103 Å². The van der Waals surface area contributed by atoms with E-state index >= 15 is 0 Å². The number of halogens is 3. The number of carbonyl (C=O) groups is 4. The second-order valence-electron chi connectivity index (χ2n) is 14.3. The second-order valence-corrected chi connectivity index (χ2v) is 16.6. The number of esters is 2. The van der Waals surface area contributed by atoms with Crippen LogP contribution in [0, 0.1) is 0 Å². The summed E-state index contributed by atoms with van der Waals surface area (Å²) in [6, 6.07) is 12.9. The predicted molar refractivity (Wildman–Crippen MR) is 202 cm³/mol. The van der Waals surface area contributed by atoms with Gasteiger partial charge in [0.1, 0.15) is 15.5 Å². The van der Waals surface area contributed by atoms with Crippen molar-refractivity contribution in [2.75, 3.05) is 49.3 Å². The molecule has 1 N–H and O–H groups in total. The number of nitrogens with one attached hydrogen (secondary N) is 1. The van der Waals surface area contributed by atoms with Crippen molar-refractivity contribution in [2.24, 2.45) is 0 Å². The molecule has 4 aromatic rings. The molecule has 56 heavy (non-hydrogen) atoms. The number of alkyl halides is 3. The van der Waals surface area contributed by atoms with Crippen molar-refractivity contribution in [3.8, 4) is 11.3 Å². The number of piperidine rings is 1. The first kappa shape index (κ1) is 38.7. The van der Waals surface area contributed by atoms with E-state index in [0.717, 1.165) is 38.9 Å². The van der Waals surface area contributed by atoms with Gasteiger partial charge < -0.3 is 14.6 Å². The van der Waals surface area contributed by atoms with Crippen LogP contribution in [0.15, 0.2) is 60.8 Å². The molecule has 294 valence electrons. The molecule has 0 radical (unpaired) electrons. The highest BCUT2D eigenvalue weighted by molar-refractivity contribution is 7.91. The SMILES string of the molecule is CC(=O)N1CC=C(c2c(-c3ccc(CN4CCC(S(C)(=O)=O)CC4)cc3)[nH]c3ncc4c(c23)CN(c2ccc(C(=O)OC(=O)C(F)(F)F)cc2)C(=O)N4C)CC1. The van der Waals surface area contributed by atoms with E-state index in [9.17, 15) is 40.8 Å². The molecule has 13 nitrogen and oxygen atoms in total. The van der Waals surface area contributed by atoms with Gasteiger partial charge in [0.25, 0.3) is 0 Å². The van der Waals surface area contributed by atoms with E-state index in [1.165, 1.54) is 47.2 Å². The van der Waals surface area contributed by atoms with Gasteiger partial charge in [0, 0.05) is 62.1 Å². The summed E-state index contributed by atoms with van der Waals surface area (Å²) < 4.78 is 66.0. The lowest BCUT2D eigenvalue weighted by atomic mass is 9.91. The fourth-order valence-corrected chi connectivity index (χ4v) is 8.67. The van der Waals surface area contributed by atoms with Gasteiger partial charge in [-0.05, 0) is 73.3 Å². The molecule has 7 rings (SSSR count). The second kappa shape index (κ2) is 14.8. The largest absolute Gasteiger partial charge is 0.491 e. The number of ether oxygens (including phenoxy) is 1. The Morgan fingerprint density at radius 2 is 1.68 bits per heavy atom. The maximum absolute atomic E-state index is 13.7. The highest BCUT2D eigenvalue weighted by atomic mass is 32.2. The van der Waals surface area contributed by atoms with Crippen molar-refractivity contribution in [1.82, 2.24) is 19.8 Å². The number of H-pyrrole nitrogens is 1.